The molecule has 0 saturated heterocycles. The number of unbranched alkanes of at least 4 members (excludes halogenated alkanes) is 8. The van der Waals surface area contributed by atoms with Crippen LogP contribution in [0.5, 0.6) is 0 Å². The Bertz CT molecular complexity index is 334. The van der Waals surface area contributed by atoms with Gasteiger partial charge in [-0.15, -0.1) is 0 Å². The summed E-state index contributed by atoms with van der Waals surface area (Å²) < 4.78 is 29.2. The molecule has 0 unspecified atom stereocenters. The fraction of sp³-hybridized carbons (Fsp3) is 0.833. The molecule has 0 rings (SSSR count). The molecular formula is C12H22O5S. The Morgan fingerprint density at radius 2 is 1.33 bits per heavy atom. The summed E-state index contributed by atoms with van der Waals surface area (Å²) in [6.45, 7) is 0. The monoisotopic (exact) mass is 278 g/mol. The Labute approximate surface area is 109 Å². The molecule has 5 nitrogen and oxygen atoms in total. The maximum atomic E-state index is 10.8. The minimum absolute atomic E-state index is 0.0990. The van der Waals surface area contributed by atoms with Crippen molar-refractivity contribution in [2.75, 3.05) is 0 Å². The van der Waals surface area contributed by atoms with Gasteiger partial charge in [-0.1, -0.05) is 38.5 Å². The van der Waals surface area contributed by atoms with Crippen molar-refractivity contribution in [3.8, 4) is 0 Å². The smallest absolute Gasteiger partial charge is 0.303 e. The second-order valence-corrected chi connectivity index (χ2v) is 5.79. The Morgan fingerprint density at radius 1 is 0.889 bits per heavy atom. The van der Waals surface area contributed by atoms with Crippen LogP contribution in [0.3, 0.4) is 0 Å². The van der Waals surface area contributed by atoms with Gasteiger partial charge in [0.1, 0.15) is 6.29 Å². The SMILES string of the molecule is O=CCCCCCCCCCCC(=O)S(=O)(=O)O. The van der Waals surface area contributed by atoms with Crippen LogP contribution in [0.2, 0.25) is 0 Å². The molecule has 106 valence electrons. The molecule has 6 heteroatoms. The predicted molar refractivity (Wildman–Crippen MR) is 68.8 cm³/mol. The summed E-state index contributed by atoms with van der Waals surface area (Å²) in [5, 5.41) is -1.09. The van der Waals surface area contributed by atoms with E-state index in [1.54, 1.807) is 0 Å². The van der Waals surface area contributed by atoms with Gasteiger partial charge in [0.05, 0.1) is 0 Å². The lowest BCUT2D eigenvalue weighted by Gasteiger charge is -2.01. The number of carbonyl (C=O) groups excluding carboxylic acids is 2. The first-order chi connectivity index (χ1) is 8.48. The van der Waals surface area contributed by atoms with Crippen molar-refractivity contribution in [2.24, 2.45) is 0 Å². The Hall–Kier alpha value is -0.750. The molecule has 0 atom stereocenters. The maximum Gasteiger partial charge on any atom is 0.328 e. The van der Waals surface area contributed by atoms with Gasteiger partial charge in [0.25, 0.3) is 5.12 Å². The zero-order valence-corrected chi connectivity index (χ0v) is 11.5. The summed E-state index contributed by atoms with van der Waals surface area (Å²) in [6, 6.07) is 0. The van der Waals surface area contributed by atoms with Gasteiger partial charge in [-0.25, -0.2) is 0 Å². The van der Waals surface area contributed by atoms with Gasteiger partial charge in [-0.05, 0) is 12.8 Å². The van der Waals surface area contributed by atoms with Crippen LogP contribution >= 0.6 is 0 Å². The van der Waals surface area contributed by atoms with E-state index in [0.717, 1.165) is 51.2 Å². The Kier molecular flexibility index (Phi) is 9.77. The predicted octanol–water partition coefficient (Wildman–Crippen LogP) is 2.50. The first-order valence-corrected chi connectivity index (χ1v) is 7.86. The Morgan fingerprint density at radius 3 is 1.78 bits per heavy atom. The molecule has 0 aromatic rings. The summed E-state index contributed by atoms with van der Waals surface area (Å²) in [7, 11) is -4.48. The lowest BCUT2D eigenvalue weighted by Crippen LogP contribution is -2.12. The molecule has 0 fully saturated rings. The molecule has 0 spiro atoms. The van der Waals surface area contributed by atoms with E-state index in [4.69, 9.17) is 4.55 Å². The van der Waals surface area contributed by atoms with E-state index >= 15 is 0 Å². The quantitative estimate of drug-likeness (QED) is 0.356. The van der Waals surface area contributed by atoms with Crippen molar-refractivity contribution in [3.05, 3.63) is 0 Å². The number of rotatable bonds is 11. The summed E-state index contributed by atoms with van der Waals surface area (Å²) in [4.78, 5) is 20.9. The average molecular weight is 278 g/mol. The molecule has 0 aliphatic carbocycles. The molecule has 0 aliphatic rings. The summed E-state index contributed by atoms with van der Waals surface area (Å²) in [5.74, 6) is 0. The molecule has 1 N–H and O–H groups in total. The molecule has 0 radical (unpaired) electrons. The van der Waals surface area contributed by atoms with Crippen molar-refractivity contribution in [2.45, 2.75) is 64.2 Å². The van der Waals surface area contributed by atoms with Gasteiger partial charge in [0, 0.05) is 12.8 Å². The molecular weight excluding hydrogens is 256 g/mol. The number of carbonyl (C=O) groups is 2. The lowest BCUT2D eigenvalue weighted by molar-refractivity contribution is -0.112. The van der Waals surface area contributed by atoms with Crippen LogP contribution in [0.1, 0.15) is 64.2 Å². The van der Waals surface area contributed by atoms with Gasteiger partial charge in [0.2, 0.25) is 0 Å². The first-order valence-electron chi connectivity index (χ1n) is 6.42. The first kappa shape index (κ1) is 17.2. The van der Waals surface area contributed by atoms with Crippen LogP contribution in [0.25, 0.3) is 0 Å². The molecule has 0 heterocycles. The third-order valence-corrected chi connectivity index (χ3v) is 3.52. The molecule has 0 saturated carbocycles. The standard InChI is InChI=1S/C12H22O5S/c13-11-9-7-5-3-1-2-4-6-8-10-12(14)18(15,16)17/h11H,1-10H2,(H,15,16,17). The van der Waals surface area contributed by atoms with E-state index in [2.05, 4.69) is 0 Å². The van der Waals surface area contributed by atoms with Crippen molar-refractivity contribution in [3.63, 3.8) is 0 Å². The highest BCUT2D eigenvalue weighted by molar-refractivity contribution is 8.01. The van der Waals surface area contributed by atoms with E-state index < -0.39 is 15.2 Å². The maximum absolute atomic E-state index is 10.8. The van der Waals surface area contributed by atoms with E-state index in [1.165, 1.54) is 0 Å². The molecule has 0 aliphatic heterocycles. The van der Waals surface area contributed by atoms with Gasteiger partial charge >= 0.3 is 10.1 Å². The van der Waals surface area contributed by atoms with Crippen LogP contribution in [0.15, 0.2) is 0 Å². The highest BCUT2D eigenvalue weighted by Gasteiger charge is 2.16. The van der Waals surface area contributed by atoms with Gasteiger partial charge in [-0.3, -0.25) is 9.35 Å². The van der Waals surface area contributed by atoms with E-state index in [-0.39, 0.29) is 6.42 Å². The molecule has 0 amide bonds. The number of hydrogen-bond donors (Lipinski definition) is 1. The van der Waals surface area contributed by atoms with Crippen molar-refractivity contribution >= 4 is 21.5 Å². The van der Waals surface area contributed by atoms with Gasteiger partial charge in [0.15, 0.2) is 0 Å². The highest BCUT2D eigenvalue weighted by atomic mass is 32.2. The van der Waals surface area contributed by atoms with Crippen LogP contribution in [-0.2, 0) is 19.7 Å². The van der Waals surface area contributed by atoms with Crippen LogP contribution in [-0.4, -0.2) is 24.4 Å². The molecule has 18 heavy (non-hydrogen) atoms. The fourth-order valence-electron chi connectivity index (χ4n) is 1.69. The van der Waals surface area contributed by atoms with Crippen molar-refractivity contribution in [1.29, 1.82) is 0 Å². The average Bonchev–Trinajstić information content (AvgIpc) is 2.30. The third kappa shape index (κ3) is 10.4. The zero-order valence-electron chi connectivity index (χ0n) is 10.6. The van der Waals surface area contributed by atoms with E-state index in [1.807, 2.05) is 0 Å². The summed E-state index contributed by atoms with van der Waals surface area (Å²) in [5.41, 5.74) is 0. The molecule has 0 aromatic carbocycles. The third-order valence-electron chi connectivity index (χ3n) is 2.74. The fourth-order valence-corrected chi connectivity index (χ4v) is 2.09. The molecule has 0 bridgehead atoms. The minimum atomic E-state index is -4.48. The largest absolute Gasteiger partial charge is 0.328 e. The van der Waals surface area contributed by atoms with E-state index in [0.29, 0.717) is 12.8 Å². The van der Waals surface area contributed by atoms with Crippen molar-refractivity contribution < 1.29 is 22.6 Å². The van der Waals surface area contributed by atoms with Crippen LogP contribution < -0.4 is 0 Å². The Balaban J connectivity index is 3.26. The number of hydrogen-bond acceptors (Lipinski definition) is 4. The zero-order chi connectivity index (χ0) is 13.9. The normalized spacial score (nSPS) is 11.4. The lowest BCUT2D eigenvalue weighted by atomic mass is 10.1. The van der Waals surface area contributed by atoms with Crippen molar-refractivity contribution in [1.82, 2.24) is 0 Å². The van der Waals surface area contributed by atoms with Crippen LogP contribution in [0, 0.1) is 0 Å². The van der Waals surface area contributed by atoms with Gasteiger partial charge < -0.3 is 4.79 Å². The molecule has 0 aromatic heterocycles. The van der Waals surface area contributed by atoms with E-state index in [9.17, 15) is 18.0 Å². The summed E-state index contributed by atoms with van der Waals surface area (Å²) in [6.07, 6.45) is 9.03. The number of aldehydes is 1. The highest BCUT2D eigenvalue weighted by Crippen LogP contribution is 2.11. The second kappa shape index (κ2) is 10.2. The topological polar surface area (TPSA) is 88.5 Å². The summed E-state index contributed by atoms with van der Waals surface area (Å²) >= 11 is 0. The second-order valence-electron chi connectivity index (χ2n) is 4.38. The minimum Gasteiger partial charge on any atom is -0.303 e. The van der Waals surface area contributed by atoms with Gasteiger partial charge in [-0.2, -0.15) is 8.42 Å². The van der Waals surface area contributed by atoms with Crippen LogP contribution in [0.4, 0.5) is 0 Å².